The molecule has 1 saturated heterocycles. The zero-order valence-corrected chi connectivity index (χ0v) is 18.6. The van der Waals surface area contributed by atoms with Gasteiger partial charge in [0, 0.05) is 49.1 Å². The lowest BCUT2D eigenvalue weighted by Gasteiger charge is -2.36. The summed E-state index contributed by atoms with van der Waals surface area (Å²) in [5, 5.41) is 0. The Morgan fingerprint density at radius 2 is 1.61 bits per heavy atom. The highest BCUT2D eigenvalue weighted by Crippen LogP contribution is 2.20. The van der Waals surface area contributed by atoms with Crippen LogP contribution in [0.1, 0.15) is 26.7 Å². The Morgan fingerprint density at radius 3 is 2.07 bits per heavy atom. The Morgan fingerprint density at radius 1 is 1.04 bits per heavy atom. The van der Waals surface area contributed by atoms with Crippen LogP contribution >= 0.6 is 15.9 Å². The van der Waals surface area contributed by atoms with Crippen molar-refractivity contribution < 1.29 is 8.42 Å². The van der Waals surface area contributed by atoms with E-state index in [9.17, 15) is 8.42 Å². The highest BCUT2D eigenvalue weighted by Gasteiger charge is 2.21. The lowest BCUT2D eigenvalue weighted by molar-refractivity contribution is 0.543. The fraction of sp³-hybridized carbons (Fsp3) is 0.474. The highest BCUT2D eigenvalue weighted by atomic mass is 79.9. The first-order chi connectivity index (χ1) is 13.4. The first-order valence-electron chi connectivity index (χ1n) is 9.49. The number of nitrogens with one attached hydrogen (secondary N) is 1. The summed E-state index contributed by atoms with van der Waals surface area (Å²) in [5.74, 6) is 1.76. The van der Waals surface area contributed by atoms with Crippen LogP contribution in [-0.2, 0) is 10.0 Å². The molecular weight excluding hydrogens is 442 g/mol. The van der Waals surface area contributed by atoms with Crippen LogP contribution in [0.25, 0.3) is 0 Å². The monoisotopic (exact) mass is 467 g/mol. The molecule has 0 spiro atoms. The van der Waals surface area contributed by atoms with Crippen molar-refractivity contribution in [3.05, 3.63) is 41.1 Å². The number of piperazine rings is 1. The Bertz CT molecular complexity index is 866. The van der Waals surface area contributed by atoms with E-state index < -0.39 is 10.0 Å². The molecule has 1 aliphatic heterocycles. The van der Waals surface area contributed by atoms with Gasteiger partial charge in [-0.05, 0) is 53.5 Å². The van der Waals surface area contributed by atoms with Gasteiger partial charge < -0.3 is 9.80 Å². The molecule has 3 heterocycles. The standard InChI is InChI=1S/C19H26BrN5O2S/c1-3-4-15(2)23-28(26,27)17-6-8-19(22-14-17)25-11-9-24(10-12-25)18-7-5-16(20)13-21-18/h5-8,13-15,23H,3-4,9-12H2,1-2H3. The molecule has 2 aromatic heterocycles. The van der Waals surface area contributed by atoms with Crippen molar-refractivity contribution in [2.75, 3.05) is 36.0 Å². The number of hydrogen-bond donors (Lipinski definition) is 1. The number of rotatable bonds is 7. The lowest BCUT2D eigenvalue weighted by Crippen LogP contribution is -2.47. The van der Waals surface area contributed by atoms with Crippen molar-refractivity contribution in [1.82, 2.24) is 14.7 Å². The molecule has 1 unspecified atom stereocenters. The number of halogens is 1. The Kier molecular flexibility index (Phi) is 6.90. The summed E-state index contributed by atoms with van der Waals surface area (Å²) >= 11 is 3.41. The van der Waals surface area contributed by atoms with Crippen molar-refractivity contribution >= 4 is 37.6 Å². The van der Waals surface area contributed by atoms with Crippen LogP contribution < -0.4 is 14.5 Å². The van der Waals surface area contributed by atoms with Crippen LogP contribution in [-0.4, -0.2) is 50.6 Å². The van der Waals surface area contributed by atoms with Gasteiger partial charge in [-0.25, -0.2) is 23.1 Å². The molecule has 0 bridgehead atoms. The third-order valence-corrected chi connectivity index (χ3v) is 6.79. The van der Waals surface area contributed by atoms with E-state index >= 15 is 0 Å². The molecule has 0 radical (unpaired) electrons. The highest BCUT2D eigenvalue weighted by molar-refractivity contribution is 9.10. The van der Waals surface area contributed by atoms with Crippen molar-refractivity contribution in [3.63, 3.8) is 0 Å². The van der Waals surface area contributed by atoms with Gasteiger partial charge in [0.25, 0.3) is 0 Å². The molecule has 152 valence electrons. The minimum Gasteiger partial charge on any atom is -0.353 e. The summed E-state index contributed by atoms with van der Waals surface area (Å²) in [4.78, 5) is 13.5. The maximum absolute atomic E-state index is 12.4. The molecule has 1 fully saturated rings. The quantitative estimate of drug-likeness (QED) is 0.673. The van der Waals surface area contributed by atoms with E-state index in [1.165, 1.54) is 6.20 Å². The zero-order chi connectivity index (χ0) is 20.1. The van der Waals surface area contributed by atoms with E-state index in [4.69, 9.17) is 0 Å². The number of pyridine rings is 2. The third-order valence-electron chi connectivity index (χ3n) is 4.75. The van der Waals surface area contributed by atoms with Gasteiger partial charge in [-0.1, -0.05) is 13.3 Å². The van der Waals surface area contributed by atoms with Gasteiger partial charge >= 0.3 is 0 Å². The van der Waals surface area contributed by atoms with Crippen molar-refractivity contribution in [3.8, 4) is 0 Å². The SMILES string of the molecule is CCCC(C)NS(=O)(=O)c1ccc(N2CCN(c3ccc(Br)cn3)CC2)nc1. The third kappa shape index (κ3) is 5.21. The van der Waals surface area contributed by atoms with E-state index in [1.54, 1.807) is 18.3 Å². The summed E-state index contributed by atoms with van der Waals surface area (Å²) < 4.78 is 28.6. The van der Waals surface area contributed by atoms with Gasteiger partial charge in [0.2, 0.25) is 10.0 Å². The van der Waals surface area contributed by atoms with Crippen LogP contribution in [0.5, 0.6) is 0 Å². The zero-order valence-electron chi connectivity index (χ0n) is 16.2. The molecule has 1 atom stereocenters. The van der Waals surface area contributed by atoms with Crippen LogP contribution in [0.3, 0.4) is 0 Å². The Balaban J connectivity index is 1.61. The predicted molar refractivity (Wildman–Crippen MR) is 115 cm³/mol. The number of aromatic nitrogens is 2. The second-order valence-electron chi connectivity index (χ2n) is 6.97. The van der Waals surface area contributed by atoms with Crippen molar-refractivity contribution in [2.24, 2.45) is 0 Å². The second-order valence-corrected chi connectivity index (χ2v) is 9.60. The molecule has 0 aliphatic carbocycles. The Hall–Kier alpha value is -1.71. The minimum atomic E-state index is -3.53. The normalized spacial score (nSPS) is 16.2. The van der Waals surface area contributed by atoms with E-state index in [0.717, 1.165) is 55.1 Å². The van der Waals surface area contributed by atoms with Gasteiger partial charge in [0.15, 0.2) is 0 Å². The number of hydrogen-bond acceptors (Lipinski definition) is 6. The number of anilines is 2. The molecule has 3 rings (SSSR count). The average Bonchev–Trinajstić information content (AvgIpc) is 2.69. The molecule has 1 N–H and O–H groups in total. The maximum Gasteiger partial charge on any atom is 0.242 e. The van der Waals surface area contributed by atoms with Gasteiger partial charge in [0.05, 0.1) is 0 Å². The van der Waals surface area contributed by atoms with Crippen molar-refractivity contribution in [1.29, 1.82) is 0 Å². The molecule has 0 aromatic carbocycles. The fourth-order valence-electron chi connectivity index (χ4n) is 3.26. The molecule has 9 heteroatoms. The largest absolute Gasteiger partial charge is 0.353 e. The Labute approximate surface area is 175 Å². The van der Waals surface area contributed by atoms with Crippen LogP contribution in [0.15, 0.2) is 46.0 Å². The van der Waals surface area contributed by atoms with E-state index in [0.29, 0.717) is 0 Å². The molecule has 1 aliphatic rings. The van der Waals surface area contributed by atoms with E-state index in [-0.39, 0.29) is 10.9 Å². The maximum atomic E-state index is 12.4. The molecule has 0 amide bonds. The van der Waals surface area contributed by atoms with E-state index in [1.807, 2.05) is 26.0 Å². The van der Waals surface area contributed by atoms with E-state index in [2.05, 4.69) is 40.4 Å². The van der Waals surface area contributed by atoms with Gasteiger partial charge in [-0.15, -0.1) is 0 Å². The van der Waals surface area contributed by atoms with Crippen LogP contribution in [0.2, 0.25) is 0 Å². The van der Waals surface area contributed by atoms with Gasteiger partial charge in [0.1, 0.15) is 16.5 Å². The summed E-state index contributed by atoms with van der Waals surface area (Å²) in [5.41, 5.74) is 0. The first-order valence-corrected chi connectivity index (χ1v) is 11.8. The number of sulfonamides is 1. The molecule has 7 nitrogen and oxygen atoms in total. The van der Waals surface area contributed by atoms with Gasteiger partial charge in [-0.2, -0.15) is 0 Å². The predicted octanol–water partition coefficient (Wildman–Crippen LogP) is 3.03. The molecule has 2 aromatic rings. The molecular formula is C19H26BrN5O2S. The molecule has 0 saturated carbocycles. The molecule has 28 heavy (non-hydrogen) atoms. The van der Waals surface area contributed by atoms with Crippen LogP contribution in [0, 0.1) is 0 Å². The average molecular weight is 468 g/mol. The van der Waals surface area contributed by atoms with Crippen LogP contribution in [0.4, 0.5) is 11.6 Å². The first kappa shape index (κ1) is 21.0. The fourth-order valence-corrected chi connectivity index (χ4v) is 4.72. The van der Waals surface area contributed by atoms with Crippen molar-refractivity contribution in [2.45, 2.75) is 37.6 Å². The summed E-state index contributed by atoms with van der Waals surface area (Å²) in [6.07, 6.45) is 4.99. The van der Waals surface area contributed by atoms with Gasteiger partial charge in [-0.3, -0.25) is 0 Å². The second kappa shape index (κ2) is 9.19. The number of nitrogens with zero attached hydrogens (tertiary/aromatic N) is 4. The lowest BCUT2D eigenvalue weighted by atomic mass is 10.2. The minimum absolute atomic E-state index is 0.0880. The summed E-state index contributed by atoms with van der Waals surface area (Å²) in [6, 6.07) is 7.32. The smallest absolute Gasteiger partial charge is 0.242 e. The summed E-state index contributed by atoms with van der Waals surface area (Å²) in [6.45, 7) is 7.21. The summed E-state index contributed by atoms with van der Waals surface area (Å²) in [7, 11) is -3.53. The topological polar surface area (TPSA) is 78.4 Å².